The molecule has 1 aromatic carbocycles. The number of aryl methyl sites for hydroxylation is 1. The van der Waals surface area contributed by atoms with Gasteiger partial charge in [-0.05, 0) is 31.0 Å². The third-order valence-corrected chi connectivity index (χ3v) is 4.57. The predicted molar refractivity (Wildman–Crippen MR) is 88.4 cm³/mol. The molecule has 1 aliphatic rings. The molecular weight excluding hydrogens is 331 g/mol. The lowest BCUT2D eigenvalue weighted by Gasteiger charge is -2.32. The van der Waals surface area contributed by atoms with Crippen molar-refractivity contribution in [2.24, 2.45) is 7.05 Å². The molecule has 0 N–H and O–H groups in total. The fraction of sp³-hybridized carbons (Fsp3) is 0.500. The molecule has 25 heavy (non-hydrogen) atoms. The van der Waals surface area contributed by atoms with Crippen LogP contribution in [0.25, 0.3) is 0 Å². The molecule has 0 spiro atoms. The fourth-order valence-corrected chi connectivity index (χ4v) is 3.08. The fourth-order valence-electron chi connectivity index (χ4n) is 3.08. The van der Waals surface area contributed by atoms with E-state index in [4.69, 9.17) is 4.74 Å². The lowest BCUT2D eigenvalue weighted by Crippen LogP contribution is -2.39. The number of nitrogens with zero attached hydrogens (tertiary/aromatic N) is 3. The van der Waals surface area contributed by atoms with Crippen molar-refractivity contribution in [3.05, 3.63) is 48.0 Å². The Morgan fingerprint density at radius 2 is 2.00 bits per heavy atom. The molecule has 1 aromatic heterocycles. The van der Waals surface area contributed by atoms with Crippen molar-refractivity contribution in [1.82, 2.24) is 14.5 Å². The van der Waals surface area contributed by atoms with Gasteiger partial charge in [0.2, 0.25) is 0 Å². The summed E-state index contributed by atoms with van der Waals surface area (Å²) in [6.45, 7) is 2.70. The number of likely N-dealkylation sites (tertiary alicyclic amines) is 1. The lowest BCUT2D eigenvalue weighted by molar-refractivity contribution is -0.137. The quantitative estimate of drug-likeness (QED) is 0.824. The molecule has 7 heteroatoms. The summed E-state index contributed by atoms with van der Waals surface area (Å²) in [6, 6.07) is 5.11. The van der Waals surface area contributed by atoms with Crippen molar-refractivity contribution < 1.29 is 17.9 Å². The van der Waals surface area contributed by atoms with Crippen LogP contribution in [0.3, 0.4) is 0 Å². The minimum atomic E-state index is -4.34. The number of piperidine rings is 1. The van der Waals surface area contributed by atoms with Gasteiger partial charge in [-0.15, -0.1) is 0 Å². The molecule has 0 unspecified atom stereocenters. The van der Waals surface area contributed by atoms with Crippen LogP contribution in [0.5, 0.6) is 5.75 Å². The van der Waals surface area contributed by atoms with E-state index in [0.29, 0.717) is 5.75 Å². The van der Waals surface area contributed by atoms with Crippen LogP contribution in [-0.2, 0) is 19.6 Å². The van der Waals surface area contributed by atoms with Crippen LogP contribution in [0, 0.1) is 0 Å². The van der Waals surface area contributed by atoms with E-state index in [9.17, 15) is 13.2 Å². The molecule has 0 amide bonds. The number of rotatable bonds is 5. The van der Waals surface area contributed by atoms with Gasteiger partial charge in [-0.3, -0.25) is 0 Å². The Kier molecular flexibility index (Phi) is 5.32. The molecule has 1 fully saturated rings. The van der Waals surface area contributed by atoms with E-state index < -0.39 is 11.7 Å². The smallest absolute Gasteiger partial charge is 0.416 e. The monoisotopic (exact) mass is 353 g/mol. The molecule has 3 rings (SSSR count). The van der Waals surface area contributed by atoms with Crippen LogP contribution in [0.1, 0.15) is 24.2 Å². The van der Waals surface area contributed by atoms with Crippen LogP contribution >= 0.6 is 0 Å². The van der Waals surface area contributed by atoms with Gasteiger partial charge in [0.25, 0.3) is 0 Å². The van der Waals surface area contributed by atoms with Crippen LogP contribution in [-0.4, -0.2) is 40.2 Å². The van der Waals surface area contributed by atoms with Gasteiger partial charge < -0.3 is 14.2 Å². The Bertz CT molecular complexity index is 691. The van der Waals surface area contributed by atoms with Crippen molar-refractivity contribution >= 4 is 0 Å². The van der Waals surface area contributed by atoms with Gasteiger partial charge >= 0.3 is 6.18 Å². The third kappa shape index (κ3) is 4.75. The molecule has 4 nitrogen and oxygen atoms in total. The van der Waals surface area contributed by atoms with Gasteiger partial charge in [0.1, 0.15) is 17.7 Å². The standard InChI is InChI=1S/C18H22F3N3O/c1-23-12-8-22-17(23)7-11-24-9-5-15(6-10-24)25-16-4-2-3-14(13-16)18(19,20)21/h2-4,8,12-13,15H,5-7,9-11H2,1H3. The zero-order chi connectivity index (χ0) is 17.9. The molecular formula is C18H22F3N3O. The number of aromatic nitrogens is 2. The van der Waals surface area contributed by atoms with Crippen molar-refractivity contribution in [1.29, 1.82) is 0 Å². The topological polar surface area (TPSA) is 30.3 Å². The molecule has 0 bridgehead atoms. The Hall–Kier alpha value is -2.02. The molecule has 0 saturated carbocycles. The molecule has 136 valence electrons. The average Bonchev–Trinajstić information content (AvgIpc) is 2.99. The number of ether oxygens (including phenoxy) is 1. The highest BCUT2D eigenvalue weighted by atomic mass is 19.4. The van der Waals surface area contributed by atoms with Crippen molar-refractivity contribution in [3.8, 4) is 5.75 Å². The number of halogens is 3. The Labute approximate surface area is 145 Å². The summed E-state index contributed by atoms with van der Waals surface area (Å²) in [7, 11) is 1.98. The molecule has 2 aromatic rings. The number of hydrogen-bond acceptors (Lipinski definition) is 3. The largest absolute Gasteiger partial charge is 0.490 e. The highest BCUT2D eigenvalue weighted by molar-refractivity contribution is 5.30. The summed E-state index contributed by atoms with van der Waals surface area (Å²) in [5.41, 5.74) is -0.669. The summed E-state index contributed by atoms with van der Waals surface area (Å²) in [6.07, 6.45) is 1.88. The normalized spacial score (nSPS) is 17.0. The summed E-state index contributed by atoms with van der Waals surface area (Å²) in [5, 5.41) is 0. The van der Waals surface area contributed by atoms with E-state index in [1.54, 1.807) is 12.3 Å². The van der Waals surface area contributed by atoms with E-state index >= 15 is 0 Å². The maximum absolute atomic E-state index is 12.8. The van der Waals surface area contributed by atoms with Gasteiger partial charge in [0, 0.05) is 45.5 Å². The maximum atomic E-state index is 12.8. The first kappa shape index (κ1) is 17.8. The van der Waals surface area contributed by atoms with E-state index in [0.717, 1.165) is 56.9 Å². The van der Waals surface area contributed by atoms with Crippen molar-refractivity contribution in [3.63, 3.8) is 0 Å². The Morgan fingerprint density at radius 1 is 1.24 bits per heavy atom. The number of alkyl halides is 3. The van der Waals surface area contributed by atoms with E-state index in [1.807, 2.05) is 17.8 Å². The lowest BCUT2D eigenvalue weighted by atomic mass is 10.1. The van der Waals surface area contributed by atoms with Gasteiger partial charge in [-0.2, -0.15) is 13.2 Å². The molecule has 2 heterocycles. The molecule has 1 saturated heterocycles. The highest BCUT2D eigenvalue weighted by Gasteiger charge is 2.31. The second kappa shape index (κ2) is 7.47. The van der Waals surface area contributed by atoms with Gasteiger partial charge in [0.15, 0.2) is 0 Å². The first-order valence-corrected chi connectivity index (χ1v) is 8.44. The Balaban J connectivity index is 1.47. The highest BCUT2D eigenvalue weighted by Crippen LogP contribution is 2.32. The first-order valence-electron chi connectivity index (χ1n) is 8.44. The number of benzene rings is 1. The summed E-state index contributed by atoms with van der Waals surface area (Å²) in [5.74, 6) is 1.35. The molecule has 0 aliphatic carbocycles. The van der Waals surface area contributed by atoms with Crippen molar-refractivity contribution in [2.45, 2.75) is 31.5 Å². The van der Waals surface area contributed by atoms with Crippen LogP contribution in [0.15, 0.2) is 36.7 Å². The van der Waals surface area contributed by atoms with Crippen molar-refractivity contribution in [2.75, 3.05) is 19.6 Å². The average molecular weight is 353 g/mol. The summed E-state index contributed by atoms with van der Waals surface area (Å²) < 4.78 is 46.1. The van der Waals surface area contributed by atoms with Gasteiger partial charge in [-0.1, -0.05) is 6.07 Å². The summed E-state index contributed by atoms with van der Waals surface area (Å²) >= 11 is 0. The van der Waals surface area contributed by atoms with E-state index in [1.165, 1.54) is 6.07 Å². The van der Waals surface area contributed by atoms with Crippen LogP contribution in [0.2, 0.25) is 0 Å². The molecule has 0 radical (unpaired) electrons. The van der Waals surface area contributed by atoms with Crippen LogP contribution < -0.4 is 4.74 Å². The SMILES string of the molecule is Cn1ccnc1CCN1CCC(Oc2cccc(C(F)(F)F)c2)CC1. The van der Waals surface area contributed by atoms with Crippen LogP contribution in [0.4, 0.5) is 13.2 Å². The first-order chi connectivity index (χ1) is 11.9. The summed E-state index contributed by atoms with van der Waals surface area (Å²) in [4.78, 5) is 6.67. The van der Waals surface area contributed by atoms with E-state index in [-0.39, 0.29) is 6.10 Å². The molecule has 0 atom stereocenters. The zero-order valence-electron chi connectivity index (χ0n) is 14.2. The maximum Gasteiger partial charge on any atom is 0.416 e. The third-order valence-electron chi connectivity index (χ3n) is 4.57. The van der Waals surface area contributed by atoms with Gasteiger partial charge in [0.05, 0.1) is 5.56 Å². The minimum Gasteiger partial charge on any atom is -0.490 e. The number of hydrogen-bond donors (Lipinski definition) is 0. The minimum absolute atomic E-state index is 0.0344. The Morgan fingerprint density at radius 3 is 2.64 bits per heavy atom. The second-order valence-electron chi connectivity index (χ2n) is 6.39. The second-order valence-corrected chi connectivity index (χ2v) is 6.39. The predicted octanol–water partition coefficient (Wildman–Crippen LogP) is 3.52. The number of imidazole rings is 1. The van der Waals surface area contributed by atoms with Gasteiger partial charge in [-0.25, -0.2) is 4.98 Å². The molecule has 1 aliphatic heterocycles. The zero-order valence-corrected chi connectivity index (χ0v) is 14.2. The van der Waals surface area contributed by atoms with E-state index in [2.05, 4.69) is 9.88 Å².